The minimum atomic E-state index is -0.366. The summed E-state index contributed by atoms with van der Waals surface area (Å²) in [7, 11) is 0. The Morgan fingerprint density at radius 3 is 2.64 bits per heavy atom. The molecule has 132 valence electrons. The monoisotopic (exact) mass is 358 g/mol. The van der Waals surface area contributed by atoms with E-state index in [1.54, 1.807) is 6.92 Å². The number of hydrogen-bond acceptors (Lipinski definition) is 5. The maximum absolute atomic E-state index is 12.1. The number of nitrogens with zero attached hydrogens (tertiary/aromatic N) is 1. The van der Waals surface area contributed by atoms with Crippen molar-refractivity contribution in [3.63, 3.8) is 0 Å². The minimum absolute atomic E-state index is 0.0631. The van der Waals surface area contributed by atoms with Crippen molar-refractivity contribution in [2.45, 2.75) is 39.0 Å². The van der Waals surface area contributed by atoms with Gasteiger partial charge in [0.05, 0.1) is 29.0 Å². The summed E-state index contributed by atoms with van der Waals surface area (Å²) in [5, 5.41) is 12.8. The fraction of sp³-hybridized carbons (Fsp3) is 0.421. The van der Waals surface area contributed by atoms with E-state index < -0.39 is 0 Å². The number of benzene rings is 1. The Hall–Kier alpha value is -2.26. The lowest BCUT2D eigenvalue weighted by molar-refractivity contribution is -0.139. The Labute approximate surface area is 152 Å². The van der Waals surface area contributed by atoms with Crippen LogP contribution in [0.3, 0.4) is 0 Å². The molecule has 0 saturated carbocycles. The fourth-order valence-corrected chi connectivity index (χ4v) is 3.54. The summed E-state index contributed by atoms with van der Waals surface area (Å²) in [5.41, 5.74) is 2.64. The van der Waals surface area contributed by atoms with E-state index in [0.29, 0.717) is 23.1 Å². The highest BCUT2D eigenvalue weighted by atomic mass is 32.2. The molecule has 1 atom stereocenters. The van der Waals surface area contributed by atoms with Crippen LogP contribution in [0.25, 0.3) is 0 Å². The Morgan fingerprint density at radius 1 is 1.40 bits per heavy atom. The molecule has 2 rings (SSSR count). The first kappa shape index (κ1) is 19.1. The van der Waals surface area contributed by atoms with E-state index in [1.807, 2.05) is 24.3 Å². The number of nitriles is 1. The first-order valence-electron chi connectivity index (χ1n) is 8.28. The number of esters is 1. The van der Waals surface area contributed by atoms with Gasteiger partial charge in [0.25, 0.3) is 0 Å². The molecule has 0 aliphatic carbocycles. The zero-order chi connectivity index (χ0) is 18.4. The topological polar surface area (TPSA) is 79.2 Å². The largest absolute Gasteiger partial charge is 0.465 e. The summed E-state index contributed by atoms with van der Waals surface area (Å²) < 4.78 is 4.90. The highest BCUT2D eigenvalue weighted by Gasteiger charge is 2.30. The van der Waals surface area contributed by atoms with E-state index in [-0.39, 0.29) is 30.0 Å². The van der Waals surface area contributed by atoms with Crippen LogP contribution in [0.5, 0.6) is 0 Å². The second-order valence-electron chi connectivity index (χ2n) is 6.07. The van der Waals surface area contributed by atoms with Gasteiger partial charge in [-0.25, -0.2) is 0 Å². The molecule has 1 amide bonds. The van der Waals surface area contributed by atoms with Crippen molar-refractivity contribution in [1.29, 1.82) is 5.26 Å². The van der Waals surface area contributed by atoms with Gasteiger partial charge in [-0.1, -0.05) is 49.9 Å². The molecule has 1 heterocycles. The molecular weight excluding hydrogens is 336 g/mol. The Morgan fingerprint density at radius 2 is 2.08 bits per heavy atom. The lowest BCUT2D eigenvalue weighted by atomic mass is 9.86. The van der Waals surface area contributed by atoms with Gasteiger partial charge in [-0.05, 0) is 24.0 Å². The lowest BCUT2D eigenvalue weighted by Crippen LogP contribution is -2.31. The number of allylic oxidation sites excluding steroid dienone is 1. The average Bonchev–Trinajstić information content (AvgIpc) is 2.59. The molecule has 1 aromatic carbocycles. The van der Waals surface area contributed by atoms with Crippen LogP contribution in [0.1, 0.15) is 50.2 Å². The SMILES string of the molecule is CCOC(=O)CSC1=C(C#N)[C@H](c2ccc(C(C)C)cc2)CC(=O)N1. The van der Waals surface area contributed by atoms with Crippen LogP contribution < -0.4 is 5.32 Å². The molecule has 0 bridgehead atoms. The van der Waals surface area contributed by atoms with E-state index in [2.05, 4.69) is 25.2 Å². The van der Waals surface area contributed by atoms with Gasteiger partial charge in [-0.3, -0.25) is 9.59 Å². The number of ether oxygens (including phenoxy) is 1. The van der Waals surface area contributed by atoms with Crippen LogP contribution in [0.4, 0.5) is 0 Å². The van der Waals surface area contributed by atoms with Gasteiger partial charge < -0.3 is 10.1 Å². The van der Waals surface area contributed by atoms with E-state index in [4.69, 9.17) is 4.74 Å². The molecule has 0 saturated heterocycles. The quantitative estimate of drug-likeness (QED) is 0.788. The molecule has 1 aromatic rings. The number of carbonyl (C=O) groups is 2. The third-order valence-electron chi connectivity index (χ3n) is 4.00. The molecule has 6 heteroatoms. The van der Waals surface area contributed by atoms with Crippen LogP contribution in [-0.2, 0) is 14.3 Å². The molecule has 0 spiro atoms. The average molecular weight is 358 g/mol. The second kappa shape index (κ2) is 8.72. The van der Waals surface area contributed by atoms with Gasteiger partial charge in [0.1, 0.15) is 0 Å². The summed E-state index contributed by atoms with van der Waals surface area (Å²) >= 11 is 1.14. The maximum Gasteiger partial charge on any atom is 0.316 e. The molecule has 1 aliphatic heterocycles. The van der Waals surface area contributed by atoms with Crippen LogP contribution in [-0.4, -0.2) is 24.2 Å². The van der Waals surface area contributed by atoms with Crippen molar-refractivity contribution >= 4 is 23.6 Å². The number of rotatable bonds is 6. The van der Waals surface area contributed by atoms with Gasteiger partial charge in [0.15, 0.2) is 0 Å². The smallest absolute Gasteiger partial charge is 0.316 e. The molecule has 1 aliphatic rings. The number of carbonyl (C=O) groups excluding carboxylic acids is 2. The van der Waals surface area contributed by atoms with Crippen LogP contribution >= 0.6 is 11.8 Å². The van der Waals surface area contributed by atoms with Gasteiger partial charge in [-0.15, -0.1) is 0 Å². The Balaban J connectivity index is 2.26. The van der Waals surface area contributed by atoms with Crippen LogP contribution in [0, 0.1) is 11.3 Å². The van der Waals surface area contributed by atoms with Crippen LogP contribution in [0.2, 0.25) is 0 Å². The van der Waals surface area contributed by atoms with Crippen molar-refractivity contribution < 1.29 is 14.3 Å². The molecule has 1 N–H and O–H groups in total. The molecule has 25 heavy (non-hydrogen) atoms. The van der Waals surface area contributed by atoms with Gasteiger partial charge in [0.2, 0.25) is 5.91 Å². The predicted octanol–water partition coefficient (Wildman–Crippen LogP) is 3.44. The summed E-state index contributed by atoms with van der Waals surface area (Å²) in [6, 6.07) is 10.2. The number of nitrogens with one attached hydrogen (secondary N) is 1. The van der Waals surface area contributed by atoms with Gasteiger partial charge in [-0.2, -0.15) is 5.26 Å². The summed E-state index contributed by atoms with van der Waals surface area (Å²) in [4.78, 5) is 23.6. The fourth-order valence-electron chi connectivity index (χ4n) is 2.66. The van der Waals surface area contributed by atoms with Gasteiger partial charge >= 0.3 is 5.97 Å². The first-order valence-corrected chi connectivity index (χ1v) is 9.27. The number of amides is 1. The Kier molecular flexibility index (Phi) is 6.65. The van der Waals surface area contributed by atoms with E-state index in [1.165, 1.54) is 5.56 Å². The number of thioether (sulfide) groups is 1. The Bertz CT molecular complexity index is 717. The molecule has 5 nitrogen and oxygen atoms in total. The third kappa shape index (κ3) is 4.86. The third-order valence-corrected chi connectivity index (χ3v) is 4.99. The zero-order valence-electron chi connectivity index (χ0n) is 14.7. The van der Waals surface area contributed by atoms with Crippen molar-refractivity contribution in [3.05, 3.63) is 46.0 Å². The van der Waals surface area contributed by atoms with E-state index in [0.717, 1.165) is 17.3 Å². The zero-order valence-corrected chi connectivity index (χ0v) is 15.5. The molecule has 0 fully saturated rings. The lowest BCUT2D eigenvalue weighted by Gasteiger charge is -2.25. The predicted molar refractivity (Wildman–Crippen MR) is 97.8 cm³/mol. The minimum Gasteiger partial charge on any atom is -0.465 e. The standard InChI is InChI=1S/C19H22N2O3S/c1-4-24-18(23)11-25-19-16(10-20)15(9-17(22)21-19)14-7-5-13(6-8-14)12(2)3/h5-8,12,15H,4,9,11H2,1-3H3,(H,21,22)/t15-/m0/s1. The summed E-state index contributed by atoms with van der Waals surface area (Å²) in [6.07, 6.45) is 0.230. The van der Waals surface area contributed by atoms with Crippen molar-refractivity contribution in [2.24, 2.45) is 0 Å². The molecular formula is C19H22N2O3S. The van der Waals surface area contributed by atoms with Crippen molar-refractivity contribution in [1.82, 2.24) is 5.32 Å². The van der Waals surface area contributed by atoms with E-state index in [9.17, 15) is 14.9 Å². The summed E-state index contributed by atoms with van der Waals surface area (Å²) in [5.74, 6) is -0.318. The molecule has 0 unspecified atom stereocenters. The van der Waals surface area contributed by atoms with Crippen molar-refractivity contribution in [2.75, 3.05) is 12.4 Å². The van der Waals surface area contributed by atoms with Gasteiger partial charge in [0, 0.05) is 12.3 Å². The molecule has 0 aromatic heterocycles. The normalized spacial score (nSPS) is 17.2. The number of hydrogen-bond donors (Lipinski definition) is 1. The maximum atomic E-state index is 12.1. The van der Waals surface area contributed by atoms with E-state index >= 15 is 0 Å². The molecule has 0 radical (unpaired) electrons. The van der Waals surface area contributed by atoms with Crippen LogP contribution in [0.15, 0.2) is 34.9 Å². The summed E-state index contributed by atoms with van der Waals surface area (Å²) in [6.45, 7) is 6.28. The highest BCUT2D eigenvalue weighted by Crippen LogP contribution is 2.36. The highest BCUT2D eigenvalue weighted by molar-refractivity contribution is 8.03. The first-order chi connectivity index (χ1) is 12.0. The van der Waals surface area contributed by atoms with Crippen molar-refractivity contribution in [3.8, 4) is 6.07 Å². The second-order valence-corrected chi connectivity index (χ2v) is 7.06.